The highest BCUT2D eigenvalue weighted by atomic mass is 35.5. The van der Waals surface area contributed by atoms with Gasteiger partial charge in [-0.1, -0.05) is 5.16 Å². The highest BCUT2D eigenvalue weighted by Gasteiger charge is 2.38. The molecule has 1 fully saturated rings. The first kappa shape index (κ1) is 13.5. The molecule has 6 heteroatoms. The molecule has 0 bridgehead atoms. The number of nitrogens with two attached hydrogens (primary N) is 1. The topological polar surface area (TPSA) is 64.9 Å². The van der Waals surface area contributed by atoms with E-state index in [1.807, 2.05) is 0 Å². The molecule has 2 N–H and O–H groups in total. The first-order valence-corrected chi connectivity index (χ1v) is 6.84. The standard InChI is InChI=1S/C12H15N3OS.ClH/c13-12(5-1-6-12)11-14-10(16-15-11)3-2-9-4-7-17-8-9;/h4,7-8H,1-3,5-6,13H2;1H. The van der Waals surface area contributed by atoms with Gasteiger partial charge in [0.15, 0.2) is 5.82 Å². The van der Waals surface area contributed by atoms with Gasteiger partial charge >= 0.3 is 0 Å². The number of hydrogen-bond donors (Lipinski definition) is 1. The Kier molecular flexibility index (Phi) is 4.04. The van der Waals surface area contributed by atoms with Crippen LogP contribution >= 0.6 is 23.7 Å². The highest BCUT2D eigenvalue weighted by Crippen LogP contribution is 2.36. The van der Waals surface area contributed by atoms with Crippen molar-refractivity contribution >= 4 is 23.7 Å². The Morgan fingerprint density at radius 3 is 2.83 bits per heavy atom. The number of halogens is 1. The molecule has 3 rings (SSSR count). The molecular weight excluding hydrogens is 270 g/mol. The van der Waals surface area contributed by atoms with Gasteiger partial charge in [-0.3, -0.25) is 0 Å². The summed E-state index contributed by atoms with van der Waals surface area (Å²) in [5, 5.41) is 8.23. The van der Waals surface area contributed by atoms with Crippen molar-refractivity contribution in [2.75, 3.05) is 0 Å². The normalized spacial score (nSPS) is 16.9. The van der Waals surface area contributed by atoms with E-state index in [2.05, 4.69) is 27.0 Å². The van der Waals surface area contributed by atoms with Gasteiger partial charge in [-0.15, -0.1) is 12.4 Å². The Labute approximate surface area is 116 Å². The lowest BCUT2D eigenvalue weighted by Crippen LogP contribution is -2.44. The molecule has 1 aliphatic rings. The number of rotatable bonds is 4. The average molecular weight is 286 g/mol. The van der Waals surface area contributed by atoms with Crippen LogP contribution in [0.4, 0.5) is 0 Å². The van der Waals surface area contributed by atoms with Crippen molar-refractivity contribution in [3.8, 4) is 0 Å². The number of aryl methyl sites for hydroxylation is 2. The molecule has 0 saturated heterocycles. The van der Waals surface area contributed by atoms with E-state index >= 15 is 0 Å². The maximum absolute atomic E-state index is 6.14. The quantitative estimate of drug-likeness (QED) is 0.938. The van der Waals surface area contributed by atoms with Gasteiger partial charge in [-0.05, 0) is 48.1 Å². The molecule has 1 aliphatic carbocycles. The summed E-state index contributed by atoms with van der Waals surface area (Å²) in [5.41, 5.74) is 7.15. The van der Waals surface area contributed by atoms with Crippen molar-refractivity contribution in [1.29, 1.82) is 0 Å². The Morgan fingerprint density at radius 2 is 2.22 bits per heavy atom. The zero-order valence-electron chi connectivity index (χ0n) is 9.96. The lowest BCUT2D eigenvalue weighted by atomic mass is 9.77. The molecule has 0 spiro atoms. The molecule has 0 aromatic carbocycles. The van der Waals surface area contributed by atoms with E-state index in [1.54, 1.807) is 11.3 Å². The lowest BCUT2D eigenvalue weighted by Gasteiger charge is -2.34. The lowest BCUT2D eigenvalue weighted by molar-refractivity contribution is 0.229. The Hall–Kier alpha value is -0.910. The van der Waals surface area contributed by atoms with E-state index in [1.165, 1.54) is 5.56 Å². The SMILES string of the molecule is Cl.NC1(c2noc(CCc3ccsc3)n2)CCC1. The van der Waals surface area contributed by atoms with E-state index in [4.69, 9.17) is 10.3 Å². The third kappa shape index (κ3) is 2.58. The molecular formula is C12H16ClN3OS. The van der Waals surface area contributed by atoms with Gasteiger partial charge in [-0.2, -0.15) is 16.3 Å². The van der Waals surface area contributed by atoms with Crippen LogP contribution in [0.25, 0.3) is 0 Å². The predicted molar refractivity (Wildman–Crippen MR) is 73.0 cm³/mol. The summed E-state index contributed by atoms with van der Waals surface area (Å²) in [5.74, 6) is 1.38. The van der Waals surface area contributed by atoms with Crippen molar-refractivity contribution in [1.82, 2.24) is 10.1 Å². The van der Waals surface area contributed by atoms with Crippen LogP contribution < -0.4 is 5.73 Å². The second-order valence-corrected chi connectivity index (χ2v) is 5.43. The zero-order chi connectivity index (χ0) is 11.7. The van der Waals surface area contributed by atoms with Crippen molar-refractivity contribution in [2.45, 2.75) is 37.6 Å². The van der Waals surface area contributed by atoms with Crippen LogP contribution in [0, 0.1) is 0 Å². The fourth-order valence-corrected chi connectivity index (χ4v) is 2.73. The van der Waals surface area contributed by atoms with Crippen molar-refractivity contribution in [3.63, 3.8) is 0 Å². The molecule has 0 amide bonds. The largest absolute Gasteiger partial charge is 0.339 e. The minimum absolute atomic E-state index is 0. The van der Waals surface area contributed by atoms with Crippen LogP contribution in [-0.2, 0) is 18.4 Å². The summed E-state index contributed by atoms with van der Waals surface area (Å²) in [6.07, 6.45) is 4.84. The Bertz CT molecular complexity index is 493. The zero-order valence-corrected chi connectivity index (χ0v) is 11.6. The molecule has 2 heterocycles. The van der Waals surface area contributed by atoms with Crippen LogP contribution in [0.3, 0.4) is 0 Å². The minimum atomic E-state index is -0.315. The summed E-state index contributed by atoms with van der Waals surface area (Å²) in [4.78, 5) is 4.40. The molecule has 0 aliphatic heterocycles. The molecule has 0 unspecified atom stereocenters. The minimum Gasteiger partial charge on any atom is -0.339 e. The van der Waals surface area contributed by atoms with E-state index in [9.17, 15) is 0 Å². The fourth-order valence-electron chi connectivity index (χ4n) is 2.03. The van der Waals surface area contributed by atoms with Crippen LogP contribution in [0.15, 0.2) is 21.3 Å². The second-order valence-electron chi connectivity index (χ2n) is 4.65. The van der Waals surface area contributed by atoms with Crippen LogP contribution in [0.1, 0.15) is 36.5 Å². The summed E-state index contributed by atoms with van der Waals surface area (Å²) >= 11 is 1.71. The number of thiophene rings is 1. The van der Waals surface area contributed by atoms with Gasteiger partial charge in [0.05, 0.1) is 5.54 Å². The highest BCUT2D eigenvalue weighted by molar-refractivity contribution is 7.07. The second kappa shape index (κ2) is 5.38. The van der Waals surface area contributed by atoms with Gasteiger partial charge in [0.2, 0.25) is 5.89 Å². The number of nitrogens with zero attached hydrogens (tertiary/aromatic N) is 2. The summed E-state index contributed by atoms with van der Waals surface area (Å²) in [6.45, 7) is 0. The van der Waals surface area contributed by atoms with Crippen LogP contribution in [0.5, 0.6) is 0 Å². The van der Waals surface area contributed by atoms with Crippen LogP contribution in [0.2, 0.25) is 0 Å². The number of aromatic nitrogens is 2. The summed E-state index contributed by atoms with van der Waals surface area (Å²) in [6, 6.07) is 2.12. The van der Waals surface area contributed by atoms with Gasteiger partial charge < -0.3 is 10.3 Å². The van der Waals surface area contributed by atoms with Crippen molar-refractivity contribution < 1.29 is 4.52 Å². The molecule has 98 valence electrons. The first-order valence-electron chi connectivity index (χ1n) is 5.89. The van der Waals surface area contributed by atoms with Crippen molar-refractivity contribution in [2.24, 2.45) is 5.73 Å². The maximum atomic E-state index is 6.14. The Balaban J connectivity index is 0.00000120. The molecule has 1 saturated carbocycles. The summed E-state index contributed by atoms with van der Waals surface area (Å²) in [7, 11) is 0. The molecule has 0 atom stereocenters. The van der Waals surface area contributed by atoms with Gasteiger partial charge in [0, 0.05) is 6.42 Å². The van der Waals surface area contributed by atoms with Gasteiger partial charge in [0.25, 0.3) is 0 Å². The Morgan fingerprint density at radius 1 is 1.39 bits per heavy atom. The summed E-state index contributed by atoms with van der Waals surface area (Å²) < 4.78 is 5.25. The van der Waals surface area contributed by atoms with Crippen molar-refractivity contribution in [3.05, 3.63) is 34.1 Å². The van der Waals surface area contributed by atoms with Gasteiger partial charge in [0.1, 0.15) is 0 Å². The maximum Gasteiger partial charge on any atom is 0.227 e. The van der Waals surface area contributed by atoms with Gasteiger partial charge in [-0.25, -0.2) is 0 Å². The van der Waals surface area contributed by atoms with E-state index in [-0.39, 0.29) is 17.9 Å². The molecule has 4 nitrogen and oxygen atoms in total. The molecule has 0 radical (unpaired) electrons. The fraction of sp³-hybridized carbons (Fsp3) is 0.500. The third-order valence-corrected chi connectivity index (χ3v) is 4.10. The molecule has 18 heavy (non-hydrogen) atoms. The monoisotopic (exact) mass is 285 g/mol. The van der Waals surface area contributed by atoms with Crippen LogP contribution in [-0.4, -0.2) is 10.1 Å². The smallest absolute Gasteiger partial charge is 0.227 e. The first-order chi connectivity index (χ1) is 8.26. The average Bonchev–Trinajstić information content (AvgIpc) is 2.94. The molecule has 2 aromatic rings. The number of hydrogen-bond acceptors (Lipinski definition) is 5. The van der Waals surface area contributed by atoms with E-state index in [0.717, 1.165) is 32.1 Å². The van der Waals surface area contributed by atoms with E-state index < -0.39 is 0 Å². The predicted octanol–water partition coefficient (Wildman–Crippen LogP) is 2.68. The molecule has 2 aromatic heterocycles. The third-order valence-electron chi connectivity index (χ3n) is 3.37. The van der Waals surface area contributed by atoms with E-state index in [0.29, 0.717) is 11.7 Å².